The lowest BCUT2D eigenvalue weighted by Crippen LogP contribution is -2.54. The molecule has 1 unspecified atom stereocenters. The quantitative estimate of drug-likeness (QED) is 0.784. The van der Waals surface area contributed by atoms with Gasteiger partial charge in [0.1, 0.15) is 5.82 Å². The smallest absolute Gasteiger partial charge is 0.123 e. The van der Waals surface area contributed by atoms with E-state index in [0.29, 0.717) is 13.2 Å². The Balaban J connectivity index is 2.83. The number of hydrogen-bond donors (Lipinski definition) is 1. The largest absolute Gasteiger partial charge is 0.383 e. The van der Waals surface area contributed by atoms with Gasteiger partial charge in [0, 0.05) is 25.7 Å². The lowest BCUT2D eigenvalue weighted by atomic mass is 9.90. The Morgan fingerprint density at radius 3 is 2.68 bits per heavy atom. The van der Waals surface area contributed by atoms with E-state index in [-0.39, 0.29) is 11.4 Å². The average molecular weight is 268 g/mol. The number of likely N-dealkylation sites (N-methyl/N-ethyl adjacent to an activating group) is 1. The number of nitrogens with two attached hydrogens (primary N) is 1. The number of benzene rings is 1. The molecule has 1 aromatic rings. The van der Waals surface area contributed by atoms with E-state index >= 15 is 0 Å². The first-order valence-corrected chi connectivity index (χ1v) is 6.74. The zero-order valence-corrected chi connectivity index (χ0v) is 12.2. The molecule has 4 heteroatoms. The minimum absolute atomic E-state index is 0.179. The molecular weight excluding hydrogens is 243 g/mol. The second-order valence-corrected chi connectivity index (χ2v) is 5.08. The molecule has 0 amide bonds. The van der Waals surface area contributed by atoms with Crippen LogP contribution in [0.1, 0.15) is 19.4 Å². The molecule has 0 aromatic heterocycles. The summed E-state index contributed by atoms with van der Waals surface area (Å²) in [6.07, 6.45) is 0.735. The van der Waals surface area contributed by atoms with Crippen LogP contribution in [-0.2, 0) is 11.2 Å². The van der Waals surface area contributed by atoms with Crippen LogP contribution in [0.25, 0.3) is 0 Å². The van der Waals surface area contributed by atoms with Gasteiger partial charge in [-0.3, -0.25) is 4.90 Å². The van der Waals surface area contributed by atoms with Crippen molar-refractivity contribution in [3.8, 4) is 0 Å². The van der Waals surface area contributed by atoms with E-state index in [2.05, 4.69) is 18.7 Å². The molecule has 1 atom stereocenters. The molecule has 0 fully saturated rings. The monoisotopic (exact) mass is 268 g/mol. The fourth-order valence-electron chi connectivity index (χ4n) is 2.41. The van der Waals surface area contributed by atoms with E-state index in [0.717, 1.165) is 25.1 Å². The van der Waals surface area contributed by atoms with Gasteiger partial charge in [-0.25, -0.2) is 4.39 Å². The Morgan fingerprint density at radius 1 is 1.42 bits per heavy atom. The Hall–Kier alpha value is -0.970. The van der Waals surface area contributed by atoms with Gasteiger partial charge in [0.05, 0.1) is 6.61 Å². The van der Waals surface area contributed by atoms with Crippen molar-refractivity contribution in [2.75, 3.05) is 33.4 Å². The normalized spacial score (nSPS) is 14.6. The third-order valence-electron chi connectivity index (χ3n) is 3.62. The number of nitrogens with zero attached hydrogens (tertiary/aromatic N) is 1. The lowest BCUT2D eigenvalue weighted by molar-refractivity contribution is 0.0754. The van der Waals surface area contributed by atoms with Gasteiger partial charge in [0.25, 0.3) is 0 Å². The van der Waals surface area contributed by atoms with Crippen molar-refractivity contribution < 1.29 is 9.13 Å². The van der Waals surface area contributed by atoms with E-state index < -0.39 is 0 Å². The number of rotatable bonds is 8. The van der Waals surface area contributed by atoms with Crippen LogP contribution in [0.2, 0.25) is 0 Å². The van der Waals surface area contributed by atoms with Crippen molar-refractivity contribution in [1.82, 2.24) is 4.90 Å². The Bertz CT molecular complexity index is 386. The molecule has 0 saturated heterocycles. The molecule has 0 spiro atoms. The molecule has 1 rings (SSSR count). The van der Waals surface area contributed by atoms with Gasteiger partial charge in [0.2, 0.25) is 0 Å². The van der Waals surface area contributed by atoms with Crippen molar-refractivity contribution in [1.29, 1.82) is 0 Å². The molecule has 0 aliphatic rings. The maximum atomic E-state index is 13.3. The number of ether oxygens (including phenoxy) is 1. The summed E-state index contributed by atoms with van der Waals surface area (Å²) in [5, 5.41) is 0. The molecule has 19 heavy (non-hydrogen) atoms. The first kappa shape index (κ1) is 16.1. The van der Waals surface area contributed by atoms with Gasteiger partial charge in [0.15, 0.2) is 0 Å². The molecule has 0 aliphatic carbocycles. The van der Waals surface area contributed by atoms with Crippen LogP contribution in [0.3, 0.4) is 0 Å². The zero-order chi connectivity index (χ0) is 14.3. The Kier molecular flexibility index (Phi) is 6.42. The van der Waals surface area contributed by atoms with E-state index in [9.17, 15) is 4.39 Å². The Morgan fingerprint density at radius 2 is 2.16 bits per heavy atom. The minimum Gasteiger partial charge on any atom is -0.383 e. The summed E-state index contributed by atoms with van der Waals surface area (Å²) < 4.78 is 18.4. The highest BCUT2D eigenvalue weighted by Gasteiger charge is 2.29. The van der Waals surface area contributed by atoms with Gasteiger partial charge in [-0.15, -0.1) is 0 Å². The highest BCUT2D eigenvalue weighted by molar-refractivity contribution is 5.19. The summed E-state index contributed by atoms with van der Waals surface area (Å²) in [6.45, 7) is 7.16. The summed E-state index contributed by atoms with van der Waals surface area (Å²) in [4.78, 5) is 2.29. The predicted molar refractivity (Wildman–Crippen MR) is 76.7 cm³/mol. The van der Waals surface area contributed by atoms with E-state index in [1.54, 1.807) is 19.2 Å². The summed E-state index contributed by atoms with van der Waals surface area (Å²) >= 11 is 0. The maximum Gasteiger partial charge on any atom is 0.123 e. The third-order valence-corrected chi connectivity index (χ3v) is 3.62. The van der Waals surface area contributed by atoms with Crippen molar-refractivity contribution in [3.05, 3.63) is 35.6 Å². The van der Waals surface area contributed by atoms with Crippen LogP contribution in [-0.4, -0.2) is 43.8 Å². The van der Waals surface area contributed by atoms with Gasteiger partial charge in [-0.05, 0) is 37.6 Å². The van der Waals surface area contributed by atoms with Crippen molar-refractivity contribution in [3.63, 3.8) is 0 Å². The molecule has 0 radical (unpaired) electrons. The predicted octanol–water partition coefficient (Wildman–Crippen LogP) is 2.05. The minimum atomic E-state index is -0.197. The van der Waals surface area contributed by atoms with Gasteiger partial charge < -0.3 is 10.5 Å². The summed E-state index contributed by atoms with van der Waals surface area (Å²) in [6, 6.07) is 6.73. The van der Waals surface area contributed by atoms with Crippen LogP contribution in [0, 0.1) is 5.82 Å². The SMILES string of the molecule is CCN(CCOC)C(C)(CN)Cc1cccc(F)c1. The van der Waals surface area contributed by atoms with Crippen molar-refractivity contribution in [2.45, 2.75) is 25.8 Å². The van der Waals surface area contributed by atoms with E-state index in [1.807, 2.05) is 6.07 Å². The fourth-order valence-corrected chi connectivity index (χ4v) is 2.41. The average Bonchev–Trinajstić information content (AvgIpc) is 2.39. The summed E-state index contributed by atoms with van der Waals surface area (Å²) in [5.41, 5.74) is 6.76. The van der Waals surface area contributed by atoms with Crippen LogP contribution >= 0.6 is 0 Å². The maximum absolute atomic E-state index is 13.3. The van der Waals surface area contributed by atoms with Gasteiger partial charge in [-0.2, -0.15) is 0 Å². The Labute approximate surface area is 115 Å². The zero-order valence-electron chi connectivity index (χ0n) is 12.2. The molecule has 0 bridgehead atoms. The summed E-state index contributed by atoms with van der Waals surface area (Å²) in [5.74, 6) is -0.197. The first-order chi connectivity index (χ1) is 9.05. The van der Waals surface area contributed by atoms with Crippen LogP contribution in [0.5, 0.6) is 0 Å². The highest BCUT2D eigenvalue weighted by Crippen LogP contribution is 2.20. The molecule has 0 heterocycles. The number of halogens is 1. The second kappa shape index (κ2) is 7.58. The second-order valence-electron chi connectivity index (χ2n) is 5.08. The van der Waals surface area contributed by atoms with Crippen LogP contribution in [0.15, 0.2) is 24.3 Å². The van der Waals surface area contributed by atoms with Crippen molar-refractivity contribution in [2.24, 2.45) is 5.73 Å². The molecule has 108 valence electrons. The van der Waals surface area contributed by atoms with E-state index in [1.165, 1.54) is 6.07 Å². The van der Waals surface area contributed by atoms with Crippen molar-refractivity contribution >= 4 is 0 Å². The molecule has 3 nitrogen and oxygen atoms in total. The standard InChI is InChI=1S/C15H25FN2O/c1-4-18(8-9-19-3)15(2,12-17)11-13-6-5-7-14(16)10-13/h5-7,10H,4,8-9,11-12,17H2,1-3H3. The molecular formula is C15H25FN2O. The van der Waals surface area contributed by atoms with Crippen LogP contribution in [0.4, 0.5) is 4.39 Å². The number of methoxy groups -OCH3 is 1. The lowest BCUT2D eigenvalue weighted by Gasteiger charge is -2.40. The highest BCUT2D eigenvalue weighted by atomic mass is 19.1. The fraction of sp³-hybridized carbons (Fsp3) is 0.600. The molecule has 1 aromatic carbocycles. The van der Waals surface area contributed by atoms with E-state index in [4.69, 9.17) is 10.5 Å². The molecule has 2 N–H and O–H groups in total. The third kappa shape index (κ3) is 4.56. The topological polar surface area (TPSA) is 38.5 Å². The van der Waals surface area contributed by atoms with Gasteiger partial charge in [-0.1, -0.05) is 19.1 Å². The first-order valence-electron chi connectivity index (χ1n) is 6.74. The number of hydrogen-bond acceptors (Lipinski definition) is 3. The molecule has 0 saturated carbocycles. The summed E-state index contributed by atoms with van der Waals surface area (Å²) in [7, 11) is 1.69. The van der Waals surface area contributed by atoms with Crippen LogP contribution < -0.4 is 5.73 Å². The van der Waals surface area contributed by atoms with Gasteiger partial charge >= 0.3 is 0 Å². The molecule has 0 aliphatic heterocycles.